The summed E-state index contributed by atoms with van der Waals surface area (Å²) in [6.07, 6.45) is 6.64. The van der Waals surface area contributed by atoms with Gasteiger partial charge in [0.1, 0.15) is 12.0 Å². The van der Waals surface area contributed by atoms with E-state index in [2.05, 4.69) is 34.5 Å². The van der Waals surface area contributed by atoms with Gasteiger partial charge in [-0.15, -0.1) is 0 Å². The number of aromatic nitrogens is 1. The van der Waals surface area contributed by atoms with Crippen LogP contribution in [0.15, 0.2) is 46.0 Å². The summed E-state index contributed by atoms with van der Waals surface area (Å²) in [4.78, 5) is 9.08. The van der Waals surface area contributed by atoms with Gasteiger partial charge in [-0.25, -0.2) is 9.98 Å². The summed E-state index contributed by atoms with van der Waals surface area (Å²) in [6.45, 7) is 6.58. The van der Waals surface area contributed by atoms with Crippen molar-refractivity contribution in [1.29, 1.82) is 0 Å². The number of oxazole rings is 1. The Hall–Kier alpha value is -2.30. The van der Waals surface area contributed by atoms with Crippen LogP contribution in [0.25, 0.3) is 11.5 Å². The molecule has 0 spiro atoms. The van der Waals surface area contributed by atoms with E-state index >= 15 is 0 Å². The molecule has 24 heavy (non-hydrogen) atoms. The maximum absolute atomic E-state index is 5.55. The lowest BCUT2D eigenvalue weighted by molar-refractivity contribution is 0.572. The van der Waals surface area contributed by atoms with E-state index in [0.29, 0.717) is 12.4 Å². The third kappa shape index (κ3) is 6.07. The van der Waals surface area contributed by atoms with Crippen molar-refractivity contribution >= 4 is 5.96 Å². The third-order valence-corrected chi connectivity index (χ3v) is 3.64. The van der Waals surface area contributed by atoms with Crippen LogP contribution >= 0.6 is 0 Å². The molecule has 0 aliphatic rings. The molecule has 2 aromatic rings. The van der Waals surface area contributed by atoms with Crippen LogP contribution in [0.2, 0.25) is 0 Å². The monoisotopic (exact) mass is 328 g/mol. The van der Waals surface area contributed by atoms with Crippen LogP contribution in [0.1, 0.15) is 45.2 Å². The number of nitrogens with one attached hydrogen (secondary N) is 2. The number of hydrogen-bond donors (Lipinski definition) is 2. The first kappa shape index (κ1) is 18.0. The summed E-state index contributed by atoms with van der Waals surface area (Å²) >= 11 is 0. The highest BCUT2D eigenvalue weighted by Gasteiger charge is 2.06. The van der Waals surface area contributed by atoms with Crippen molar-refractivity contribution in [2.24, 2.45) is 4.99 Å². The highest BCUT2D eigenvalue weighted by molar-refractivity contribution is 5.79. The summed E-state index contributed by atoms with van der Waals surface area (Å²) in [5, 5.41) is 6.63. The molecule has 2 rings (SSSR count). The van der Waals surface area contributed by atoms with Crippen molar-refractivity contribution in [1.82, 2.24) is 15.6 Å². The maximum atomic E-state index is 5.55. The van der Waals surface area contributed by atoms with Gasteiger partial charge in [0, 0.05) is 18.7 Å². The molecule has 0 aliphatic carbocycles. The summed E-state index contributed by atoms with van der Waals surface area (Å²) in [7, 11) is 0. The highest BCUT2D eigenvalue weighted by atomic mass is 16.3. The molecule has 1 aromatic carbocycles. The van der Waals surface area contributed by atoms with Crippen LogP contribution < -0.4 is 10.6 Å². The summed E-state index contributed by atoms with van der Waals surface area (Å²) < 4.78 is 5.55. The highest BCUT2D eigenvalue weighted by Crippen LogP contribution is 2.18. The first-order chi connectivity index (χ1) is 11.8. The Morgan fingerprint density at radius 1 is 1.08 bits per heavy atom. The Morgan fingerprint density at radius 2 is 1.92 bits per heavy atom. The molecule has 0 amide bonds. The molecule has 1 aromatic heterocycles. The fourth-order valence-electron chi connectivity index (χ4n) is 2.35. The molecule has 0 aliphatic heterocycles. The van der Waals surface area contributed by atoms with Crippen LogP contribution in [-0.4, -0.2) is 24.0 Å². The molecule has 2 N–H and O–H groups in total. The zero-order chi connectivity index (χ0) is 17.0. The Kier molecular flexibility index (Phi) is 7.87. The summed E-state index contributed by atoms with van der Waals surface area (Å²) in [5.74, 6) is 1.47. The molecule has 130 valence electrons. The van der Waals surface area contributed by atoms with E-state index in [1.165, 1.54) is 25.7 Å². The van der Waals surface area contributed by atoms with Gasteiger partial charge in [0.15, 0.2) is 5.96 Å². The second kappa shape index (κ2) is 10.5. The standard InChI is InChI=1S/C19H28N4O/c1-3-5-6-10-13-21-19(20-4-2)22-14-17-15-24-18(23-17)16-11-8-7-9-12-16/h7-9,11-12,15H,3-6,10,13-14H2,1-2H3,(H2,20,21,22). The van der Waals surface area contributed by atoms with Crippen LogP contribution in [0.5, 0.6) is 0 Å². The van der Waals surface area contributed by atoms with Gasteiger partial charge in [-0.2, -0.15) is 0 Å². The molecule has 1 heterocycles. The lowest BCUT2D eigenvalue weighted by atomic mass is 10.2. The fraction of sp³-hybridized carbons (Fsp3) is 0.474. The van der Waals surface area contributed by atoms with E-state index in [1.54, 1.807) is 6.26 Å². The number of rotatable bonds is 9. The molecular formula is C19H28N4O. The van der Waals surface area contributed by atoms with Gasteiger partial charge < -0.3 is 15.1 Å². The molecule has 0 atom stereocenters. The van der Waals surface area contributed by atoms with Gasteiger partial charge in [-0.05, 0) is 25.5 Å². The molecule has 0 radical (unpaired) electrons. The number of aliphatic imine (C=N–C) groups is 1. The number of nitrogens with zero attached hydrogens (tertiary/aromatic N) is 2. The van der Waals surface area contributed by atoms with E-state index in [1.807, 2.05) is 30.3 Å². The summed E-state index contributed by atoms with van der Waals surface area (Å²) in [6, 6.07) is 9.90. The van der Waals surface area contributed by atoms with Gasteiger partial charge >= 0.3 is 0 Å². The van der Waals surface area contributed by atoms with Crippen LogP contribution in [0.3, 0.4) is 0 Å². The fourth-order valence-corrected chi connectivity index (χ4v) is 2.35. The molecule has 0 unspecified atom stereocenters. The summed E-state index contributed by atoms with van der Waals surface area (Å²) in [5.41, 5.74) is 1.81. The predicted octanol–water partition coefficient (Wildman–Crippen LogP) is 3.98. The maximum Gasteiger partial charge on any atom is 0.226 e. The van der Waals surface area contributed by atoms with Gasteiger partial charge in [-0.3, -0.25) is 0 Å². The van der Waals surface area contributed by atoms with Gasteiger partial charge in [-0.1, -0.05) is 44.4 Å². The molecule has 0 saturated heterocycles. The number of hydrogen-bond acceptors (Lipinski definition) is 3. The Balaban J connectivity index is 1.87. The lowest BCUT2D eigenvalue weighted by Crippen LogP contribution is -2.37. The zero-order valence-corrected chi connectivity index (χ0v) is 14.7. The van der Waals surface area contributed by atoms with Crippen molar-refractivity contribution in [2.45, 2.75) is 46.1 Å². The average molecular weight is 328 g/mol. The van der Waals surface area contributed by atoms with E-state index in [-0.39, 0.29) is 0 Å². The zero-order valence-electron chi connectivity index (χ0n) is 14.7. The first-order valence-electron chi connectivity index (χ1n) is 8.85. The van der Waals surface area contributed by atoms with Crippen LogP contribution in [-0.2, 0) is 6.54 Å². The van der Waals surface area contributed by atoms with Crippen molar-refractivity contribution in [3.05, 3.63) is 42.3 Å². The van der Waals surface area contributed by atoms with Crippen molar-refractivity contribution in [2.75, 3.05) is 13.1 Å². The Bertz CT molecular complexity index is 607. The minimum absolute atomic E-state index is 0.501. The molecule has 0 saturated carbocycles. The average Bonchev–Trinajstić information content (AvgIpc) is 3.09. The SMILES string of the molecule is CCCCCCNC(=NCc1coc(-c2ccccc2)n1)NCC. The van der Waals surface area contributed by atoms with E-state index < -0.39 is 0 Å². The second-order valence-corrected chi connectivity index (χ2v) is 5.69. The van der Waals surface area contributed by atoms with Gasteiger partial charge in [0.2, 0.25) is 5.89 Å². The number of unbranched alkanes of at least 4 members (excludes halogenated alkanes) is 3. The van der Waals surface area contributed by atoms with Crippen molar-refractivity contribution < 1.29 is 4.42 Å². The van der Waals surface area contributed by atoms with E-state index in [0.717, 1.165) is 30.3 Å². The Labute approximate surface area is 144 Å². The smallest absolute Gasteiger partial charge is 0.226 e. The topological polar surface area (TPSA) is 62.5 Å². The minimum Gasteiger partial charge on any atom is -0.444 e. The second-order valence-electron chi connectivity index (χ2n) is 5.69. The molecule has 5 heteroatoms. The molecule has 0 bridgehead atoms. The van der Waals surface area contributed by atoms with E-state index in [9.17, 15) is 0 Å². The van der Waals surface area contributed by atoms with Crippen LogP contribution in [0.4, 0.5) is 0 Å². The molecular weight excluding hydrogens is 300 g/mol. The van der Waals surface area contributed by atoms with Gasteiger partial charge in [0.25, 0.3) is 0 Å². The largest absolute Gasteiger partial charge is 0.444 e. The normalized spacial score (nSPS) is 11.5. The van der Waals surface area contributed by atoms with Crippen molar-refractivity contribution in [3.63, 3.8) is 0 Å². The quantitative estimate of drug-likeness (QED) is 0.415. The van der Waals surface area contributed by atoms with Gasteiger partial charge in [0.05, 0.1) is 6.54 Å². The van der Waals surface area contributed by atoms with E-state index in [4.69, 9.17) is 4.42 Å². The first-order valence-corrected chi connectivity index (χ1v) is 8.85. The number of benzene rings is 1. The molecule has 0 fully saturated rings. The number of guanidine groups is 1. The third-order valence-electron chi connectivity index (χ3n) is 3.64. The lowest BCUT2D eigenvalue weighted by Gasteiger charge is -2.10. The molecule has 5 nitrogen and oxygen atoms in total. The Morgan fingerprint density at radius 3 is 2.67 bits per heavy atom. The predicted molar refractivity (Wildman–Crippen MR) is 98.9 cm³/mol. The minimum atomic E-state index is 0.501. The van der Waals surface area contributed by atoms with Crippen LogP contribution in [0, 0.1) is 0 Å². The van der Waals surface area contributed by atoms with Crippen molar-refractivity contribution in [3.8, 4) is 11.5 Å².